The van der Waals surface area contributed by atoms with Gasteiger partial charge < -0.3 is 10.6 Å². The number of urea groups is 1. The Hall–Kier alpha value is -1.59. The highest BCUT2D eigenvalue weighted by molar-refractivity contribution is 6.01. The maximum absolute atomic E-state index is 12.3. The van der Waals surface area contributed by atoms with Crippen LogP contribution in [0.4, 0.5) is 4.79 Å². The van der Waals surface area contributed by atoms with Gasteiger partial charge in [0, 0.05) is 19.0 Å². The molecule has 128 valence electrons. The second-order valence-corrected chi connectivity index (χ2v) is 8.04. The number of rotatable bonds is 5. The minimum atomic E-state index is -0.349. The molecule has 0 aromatic carbocycles. The summed E-state index contributed by atoms with van der Waals surface area (Å²) in [5.74, 6) is 0.521. The predicted octanol–water partition coefficient (Wildman–Crippen LogP) is 1.65. The molecule has 1 heterocycles. The summed E-state index contributed by atoms with van der Waals surface area (Å²) in [6, 6.07) is -0.0989. The number of carbonyl (C=O) groups excluding carboxylic acids is 3. The van der Waals surface area contributed by atoms with Crippen LogP contribution >= 0.6 is 0 Å². The zero-order valence-corrected chi connectivity index (χ0v) is 14.3. The van der Waals surface area contributed by atoms with Crippen LogP contribution in [0.2, 0.25) is 0 Å². The van der Waals surface area contributed by atoms with Crippen LogP contribution < -0.4 is 10.6 Å². The smallest absolute Gasteiger partial charge is 0.324 e. The zero-order chi connectivity index (χ0) is 16.8. The summed E-state index contributed by atoms with van der Waals surface area (Å²) in [4.78, 5) is 36.4. The third-order valence-corrected chi connectivity index (χ3v) is 6.85. The summed E-state index contributed by atoms with van der Waals surface area (Å²) in [6.45, 7) is 7.34. The van der Waals surface area contributed by atoms with Gasteiger partial charge in [0.15, 0.2) is 0 Å². The van der Waals surface area contributed by atoms with E-state index >= 15 is 0 Å². The number of hydrogen-bond donors (Lipinski definition) is 2. The monoisotopic (exact) mass is 321 g/mol. The third-order valence-electron chi connectivity index (χ3n) is 6.85. The van der Waals surface area contributed by atoms with Crippen molar-refractivity contribution in [3.63, 3.8) is 0 Å². The number of fused-ring (bicyclic) bond motifs is 2. The van der Waals surface area contributed by atoms with Gasteiger partial charge in [0.1, 0.15) is 0 Å². The summed E-state index contributed by atoms with van der Waals surface area (Å²) in [6.07, 6.45) is 4.39. The molecule has 3 rings (SSSR count). The van der Waals surface area contributed by atoms with Gasteiger partial charge in [-0.25, -0.2) is 4.79 Å². The van der Waals surface area contributed by atoms with Gasteiger partial charge in [-0.3, -0.25) is 14.5 Å². The van der Waals surface area contributed by atoms with E-state index in [1.54, 1.807) is 0 Å². The first kappa shape index (κ1) is 16.3. The second kappa shape index (κ2) is 5.49. The normalized spacial score (nSPS) is 34.8. The van der Waals surface area contributed by atoms with Gasteiger partial charge in [-0.2, -0.15) is 0 Å². The van der Waals surface area contributed by atoms with Crippen molar-refractivity contribution < 1.29 is 14.4 Å². The molecule has 3 aliphatic rings. The lowest BCUT2D eigenvalue weighted by atomic mass is 9.69. The average molecular weight is 321 g/mol. The quantitative estimate of drug-likeness (QED) is 0.756. The maximum atomic E-state index is 12.3. The first-order valence-corrected chi connectivity index (χ1v) is 8.63. The van der Waals surface area contributed by atoms with Gasteiger partial charge in [-0.15, -0.1) is 0 Å². The van der Waals surface area contributed by atoms with Crippen molar-refractivity contribution in [2.75, 3.05) is 13.1 Å². The van der Waals surface area contributed by atoms with Crippen LogP contribution in [0.15, 0.2) is 0 Å². The van der Waals surface area contributed by atoms with Gasteiger partial charge in [0.2, 0.25) is 11.8 Å². The average Bonchev–Trinajstić information content (AvgIpc) is 2.98. The van der Waals surface area contributed by atoms with Gasteiger partial charge >= 0.3 is 6.03 Å². The summed E-state index contributed by atoms with van der Waals surface area (Å²) in [5, 5.41) is 5.70. The van der Waals surface area contributed by atoms with Gasteiger partial charge in [-0.05, 0) is 42.4 Å². The minimum Gasteiger partial charge on any atom is -0.353 e. The molecule has 2 saturated carbocycles. The Kier molecular flexibility index (Phi) is 3.89. The molecule has 3 unspecified atom stereocenters. The van der Waals surface area contributed by atoms with Crippen LogP contribution in [-0.2, 0) is 9.59 Å². The molecule has 0 radical (unpaired) electrons. The topological polar surface area (TPSA) is 78.5 Å². The molecule has 3 fully saturated rings. The van der Waals surface area contributed by atoms with Gasteiger partial charge in [0.25, 0.3) is 0 Å². The van der Waals surface area contributed by atoms with E-state index in [9.17, 15) is 14.4 Å². The Balaban J connectivity index is 1.47. The summed E-state index contributed by atoms with van der Waals surface area (Å²) in [5.41, 5.74) is 0.461. The second-order valence-electron chi connectivity index (χ2n) is 8.04. The number of hydrogen-bond acceptors (Lipinski definition) is 3. The van der Waals surface area contributed by atoms with Gasteiger partial charge in [-0.1, -0.05) is 20.8 Å². The van der Waals surface area contributed by atoms with E-state index < -0.39 is 0 Å². The Morgan fingerprint density at radius 3 is 2.61 bits per heavy atom. The van der Waals surface area contributed by atoms with Crippen LogP contribution in [0.25, 0.3) is 0 Å². The predicted molar refractivity (Wildman–Crippen MR) is 85.5 cm³/mol. The fourth-order valence-electron chi connectivity index (χ4n) is 4.77. The third kappa shape index (κ3) is 2.52. The SMILES string of the molecule is CC1(C)C2CCC1(C)C(NC(=O)CCCN1C(=O)CNC1=O)C2. The fraction of sp³-hybridized carbons (Fsp3) is 0.824. The summed E-state index contributed by atoms with van der Waals surface area (Å²) in [7, 11) is 0. The number of imide groups is 1. The van der Waals surface area contributed by atoms with E-state index in [1.165, 1.54) is 17.7 Å². The van der Waals surface area contributed by atoms with E-state index in [0.717, 1.165) is 6.42 Å². The molecule has 6 heteroatoms. The molecule has 2 aliphatic carbocycles. The molecule has 4 amide bonds. The highest BCUT2D eigenvalue weighted by Crippen LogP contribution is 2.65. The molecular formula is C17H27N3O3. The van der Waals surface area contributed by atoms with Crippen molar-refractivity contribution in [3.05, 3.63) is 0 Å². The first-order valence-electron chi connectivity index (χ1n) is 8.63. The highest BCUT2D eigenvalue weighted by atomic mass is 16.2. The van der Waals surface area contributed by atoms with E-state index in [4.69, 9.17) is 0 Å². The van der Waals surface area contributed by atoms with Crippen molar-refractivity contribution in [1.29, 1.82) is 0 Å². The molecule has 1 saturated heterocycles. The van der Waals surface area contributed by atoms with Crippen LogP contribution in [0, 0.1) is 16.7 Å². The molecule has 0 aromatic heterocycles. The molecule has 3 atom stereocenters. The molecule has 1 aliphatic heterocycles. The van der Waals surface area contributed by atoms with Gasteiger partial charge in [0.05, 0.1) is 6.54 Å². The fourth-order valence-corrected chi connectivity index (χ4v) is 4.77. The van der Waals surface area contributed by atoms with Crippen molar-refractivity contribution in [2.24, 2.45) is 16.7 Å². The number of carbonyl (C=O) groups is 3. The van der Waals surface area contributed by atoms with Crippen LogP contribution in [0.1, 0.15) is 52.9 Å². The lowest BCUT2D eigenvalue weighted by Crippen LogP contribution is -2.47. The van der Waals surface area contributed by atoms with Crippen molar-refractivity contribution >= 4 is 17.8 Å². The van der Waals surface area contributed by atoms with Crippen molar-refractivity contribution in [2.45, 2.75) is 58.9 Å². The molecular weight excluding hydrogens is 294 g/mol. The van der Waals surface area contributed by atoms with E-state index in [-0.39, 0.29) is 41.3 Å². The number of nitrogens with zero attached hydrogens (tertiary/aromatic N) is 1. The Bertz CT molecular complexity index is 529. The lowest BCUT2D eigenvalue weighted by molar-refractivity contribution is -0.126. The summed E-state index contributed by atoms with van der Waals surface area (Å²) >= 11 is 0. The van der Waals surface area contributed by atoms with Crippen LogP contribution in [0.3, 0.4) is 0 Å². The standard InChI is InChI=1S/C17H27N3O3/c1-16(2)11-6-7-17(16,3)12(9-11)19-13(21)5-4-8-20-14(22)10-18-15(20)23/h11-12H,4-10H2,1-3H3,(H,18,23)(H,19,21). The Morgan fingerprint density at radius 1 is 1.35 bits per heavy atom. The number of nitrogens with one attached hydrogen (secondary N) is 2. The van der Waals surface area contributed by atoms with E-state index in [1.807, 2.05) is 0 Å². The lowest BCUT2D eigenvalue weighted by Gasteiger charge is -2.39. The van der Waals surface area contributed by atoms with Crippen LogP contribution in [0.5, 0.6) is 0 Å². The maximum Gasteiger partial charge on any atom is 0.324 e. The molecule has 2 N–H and O–H groups in total. The molecule has 2 bridgehead atoms. The molecule has 6 nitrogen and oxygen atoms in total. The first-order chi connectivity index (χ1) is 10.8. The van der Waals surface area contributed by atoms with E-state index in [2.05, 4.69) is 31.4 Å². The summed E-state index contributed by atoms with van der Waals surface area (Å²) < 4.78 is 0. The number of amides is 4. The molecule has 0 aromatic rings. The largest absolute Gasteiger partial charge is 0.353 e. The van der Waals surface area contributed by atoms with Crippen molar-refractivity contribution in [1.82, 2.24) is 15.5 Å². The Morgan fingerprint density at radius 2 is 2.09 bits per heavy atom. The van der Waals surface area contributed by atoms with E-state index in [0.29, 0.717) is 25.3 Å². The zero-order valence-electron chi connectivity index (χ0n) is 14.3. The Labute approximate surface area is 137 Å². The minimum absolute atomic E-state index is 0.0339. The molecule has 0 spiro atoms. The highest BCUT2D eigenvalue weighted by Gasteiger charge is 2.61. The van der Waals surface area contributed by atoms with Crippen LogP contribution in [-0.4, -0.2) is 41.9 Å². The molecule has 23 heavy (non-hydrogen) atoms. The van der Waals surface area contributed by atoms with Crippen molar-refractivity contribution in [3.8, 4) is 0 Å².